The third-order valence-corrected chi connectivity index (χ3v) is 4.62. The number of ketones is 1. The minimum absolute atomic E-state index is 0.00226. The van der Waals surface area contributed by atoms with E-state index in [4.69, 9.17) is 0 Å². The highest BCUT2D eigenvalue weighted by Gasteiger charge is 2.32. The Labute approximate surface area is 129 Å². The molecule has 108 valence electrons. The number of fused-ring (bicyclic) bond motifs is 1. The molecular weight excluding hydrogens is 280 g/mol. The molecule has 0 atom stereocenters. The fourth-order valence-corrected chi connectivity index (χ4v) is 3.39. The van der Waals surface area contributed by atoms with Gasteiger partial charge in [-0.05, 0) is 24.0 Å². The van der Waals surface area contributed by atoms with E-state index in [0.29, 0.717) is 12.0 Å². The number of thioether (sulfide) groups is 1. The van der Waals surface area contributed by atoms with E-state index < -0.39 is 0 Å². The van der Waals surface area contributed by atoms with Crippen LogP contribution in [0.5, 0.6) is 0 Å². The van der Waals surface area contributed by atoms with Crippen LogP contribution in [-0.4, -0.2) is 15.8 Å². The van der Waals surface area contributed by atoms with E-state index in [2.05, 4.69) is 35.9 Å². The first kappa shape index (κ1) is 14.3. The van der Waals surface area contributed by atoms with Gasteiger partial charge < -0.3 is 0 Å². The molecule has 4 heteroatoms. The zero-order valence-corrected chi connectivity index (χ0v) is 13.1. The van der Waals surface area contributed by atoms with Crippen LogP contribution in [-0.2, 0) is 12.2 Å². The van der Waals surface area contributed by atoms with Crippen molar-refractivity contribution in [2.24, 2.45) is 5.41 Å². The number of rotatable bonds is 3. The summed E-state index contributed by atoms with van der Waals surface area (Å²) in [4.78, 5) is 22.3. The molecule has 0 amide bonds. The predicted molar refractivity (Wildman–Crippen MR) is 84.5 cm³/mol. The summed E-state index contributed by atoms with van der Waals surface area (Å²) in [5.41, 5.74) is 1.63. The van der Waals surface area contributed by atoms with E-state index >= 15 is 0 Å². The maximum atomic E-state index is 12.1. The summed E-state index contributed by atoms with van der Waals surface area (Å²) in [5.74, 6) is 1.70. The van der Waals surface area contributed by atoms with Crippen LogP contribution in [0, 0.1) is 5.41 Å². The smallest absolute Gasteiger partial charge is 0.166 e. The highest BCUT2D eigenvalue weighted by molar-refractivity contribution is 7.98. The summed E-state index contributed by atoms with van der Waals surface area (Å²) in [6.07, 6.45) is 3.14. The number of aromatic nitrogens is 2. The lowest BCUT2D eigenvalue weighted by Gasteiger charge is -2.29. The first-order valence-corrected chi connectivity index (χ1v) is 8.08. The van der Waals surface area contributed by atoms with Gasteiger partial charge >= 0.3 is 0 Å². The first-order chi connectivity index (χ1) is 10.0. The highest BCUT2D eigenvalue weighted by Crippen LogP contribution is 2.33. The Bertz CT molecular complexity index is 668. The van der Waals surface area contributed by atoms with E-state index in [9.17, 15) is 4.79 Å². The number of Topliss-reactive ketones (excluding diaryl/α,β-unsaturated/α-hetero) is 1. The van der Waals surface area contributed by atoms with E-state index in [1.807, 2.05) is 18.2 Å². The van der Waals surface area contributed by atoms with Crippen LogP contribution < -0.4 is 0 Å². The fourth-order valence-electron chi connectivity index (χ4n) is 2.61. The molecule has 0 spiro atoms. The van der Waals surface area contributed by atoms with E-state index in [-0.39, 0.29) is 11.2 Å². The summed E-state index contributed by atoms with van der Waals surface area (Å²) in [6, 6.07) is 10.2. The lowest BCUT2D eigenvalue weighted by atomic mass is 9.76. The van der Waals surface area contributed by atoms with Gasteiger partial charge in [0.1, 0.15) is 5.82 Å². The van der Waals surface area contributed by atoms with Crippen molar-refractivity contribution in [3.05, 3.63) is 53.6 Å². The number of carbonyl (C=O) groups is 1. The van der Waals surface area contributed by atoms with Crippen molar-refractivity contribution in [2.45, 2.75) is 37.3 Å². The van der Waals surface area contributed by atoms with Crippen molar-refractivity contribution in [3.63, 3.8) is 0 Å². The van der Waals surface area contributed by atoms with Gasteiger partial charge in [0.2, 0.25) is 0 Å². The van der Waals surface area contributed by atoms with Gasteiger partial charge in [-0.25, -0.2) is 9.97 Å². The van der Waals surface area contributed by atoms with Gasteiger partial charge in [0.15, 0.2) is 5.78 Å². The molecule has 1 aromatic carbocycles. The number of hydrogen-bond donors (Lipinski definition) is 0. The molecule has 0 unspecified atom stereocenters. The van der Waals surface area contributed by atoms with Gasteiger partial charge in [-0.15, -0.1) is 11.8 Å². The van der Waals surface area contributed by atoms with Crippen molar-refractivity contribution < 1.29 is 4.79 Å². The minimum atomic E-state index is 0.00226. The zero-order valence-electron chi connectivity index (χ0n) is 12.3. The Morgan fingerprint density at radius 3 is 2.71 bits per heavy atom. The molecule has 1 heterocycles. The van der Waals surface area contributed by atoms with Crippen LogP contribution in [0.4, 0.5) is 0 Å². The predicted octanol–water partition coefficient (Wildman–Crippen LogP) is 3.92. The molecule has 1 aliphatic rings. The maximum absolute atomic E-state index is 12.1. The molecule has 2 aromatic rings. The number of benzene rings is 1. The monoisotopic (exact) mass is 298 g/mol. The second-order valence-electron chi connectivity index (χ2n) is 6.19. The Morgan fingerprint density at radius 2 is 1.95 bits per heavy atom. The largest absolute Gasteiger partial charge is 0.294 e. The molecule has 0 bridgehead atoms. The molecule has 0 saturated carbocycles. The normalized spacial score (nSPS) is 16.6. The molecule has 0 N–H and O–H groups in total. The molecule has 0 aliphatic heterocycles. The third-order valence-electron chi connectivity index (χ3n) is 3.61. The Balaban J connectivity index is 1.78. The molecule has 21 heavy (non-hydrogen) atoms. The molecule has 3 rings (SSSR count). The zero-order chi connectivity index (χ0) is 14.9. The summed E-state index contributed by atoms with van der Waals surface area (Å²) in [5, 5.41) is 0. The van der Waals surface area contributed by atoms with Crippen LogP contribution in [0.3, 0.4) is 0 Å². The van der Waals surface area contributed by atoms with Crippen molar-refractivity contribution in [3.8, 4) is 0 Å². The lowest BCUT2D eigenvalue weighted by Crippen LogP contribution is -2.28. The van der Waals surface area contributed by atoms with Gasteiger partial charge in [0, 0.05) is 17.5 Å². The first-order valence-electron chi connectivity index (χ1n) is 7.09. The second kappa shape index (κ2) is 5.60. The molecule has 0 fully saturated rings. The van der Waals surface area contributed by atoms with Crippen LogP contribution in [0.15, 0.2) is 41.4 Å². The third kappa shape index (κ3) is 3.32. The summed E-state index contributed by atoms with van der Waals surface area (Å²) in [6.45, 7) is 4.24. The number of nitrogens with zero attached hydrogens (tertiary/aromatic N) is 2. The average Bonchev–Trinajstić information content (AvgIpc) is 2.44. The highest BCUT2D eigenvalue weighted by atomic mass is 32.2. The summed E-state index contributed by atoms with van der Waals surface area (Å²) >= 11 is 1.71. The van der Waals surface area contributed by atoms with Gasteiger partial charge in [0.25, 0.3) is 0 Å². The molecule has 0 radical (unpaired) electrons. The Hall–Kier alpha value is -1.68. The molecule has 0 saturated heterocycles. The molecule has 3 nitrogen and oxygen atoms in total. The van der Waals surface area contributed by atoms with Crippen LogP contribution in [0.25, 0.3) is 0 Å². The molecule has 1 aromatic heterocycles. The van der Waals surface area contributed by atoms with Gasteiger partial charge in [0.05, 0.1) is 17.0 Å². The van der Waals surface area contributed by atoms with Crippen LogP contribution in [0.1, 0.15) is 42.1 Å². The lowest BCUT2D eigenvalue weighted by molar-refractivity contribution is 0.0909. The van der Waals surface area contributed by atoms with E-state index in [1.54, 1.807) is 18.0 Å². The van der Waals surface area contributed by atoms with Gasteiger partial charge in [-0.2, -0.15) is 0 Å². The topological polar surface area (TPSA) is 42.9 Å². The Kier molecular flexibility index (Phi) is 3.81. The van der Waals surface area contributed by atoms with Crippen molar-refractivity contribution in [1.82, 2.24) is 9.97 Å². The SMILES string of the molecule is CC1(C)CC(=O)c2cnc(CSc3ccccc3)nc2C1. The number of hydrogen-bond acceptors (Lipinski definition) is 4. The van der Waals surface area contributed by atoms with Crippen LogP contribution >= 0.6 is 11.8 Å². The summed E-state index contributed by atoms with van der Waals surface area (Å²) < 4.78 is 0. The van der Waals surface area contributed by atoms with Crippen molar-refractivity contribution >= 4 is 17.5 Å². The Morgan fingerprint density at radius 1 is 1.19 bits per heavy atom. The number of carbonyl (C=O) groups excluding carboxylic acids is 1. The van der Waals surface area contributed by atoms with Crippen molar-refractivity contribution in [1.29, 1.82) is 0 Å². The minimum Gasteiger partial charge on any atom is -0.294 e. The molecule has 1 aliphatic carbocycles. The quantitative estimate of drug-likeness (QED) is 0.805. The fraction of sp³-hybridized carbons (Fsp3) is 0.353. The van der Waals surface area contributed by atoms with E-state index in [0.717, 1.165) is 23.7 Å². The average molecular weight is 298 g/mol. The van der Waals surface area contributed by atoms with Crippen molar-refractivity contribution in [2.75, 3.05) is 0 Å². The van der Waals surface area contributed by atoms with Gasteiger partial charge in [-0.3, -0.25) is 4.79 Å². The van der Waals surface area contributed by atoms with Crippen LogP contribution in [0.2, 0.25) is 0 Å². The maximum Gasteiger partial charge on any atom is 0.166 e. The summed E-state index contributed by atoms with van der Waals surface area (Å²) in [7, 11) is 0. The van der Waals surface area contributed by atoms with Gasteiger partial charge in [-0.1, -0.05) is 32.0 Å². The van der Waals surface area contributed by atoms with E-state index in [1.165, 1.54) is 4.90 Å². The molecular formula is C17H18N2OS. The second-order valence-corrected chi connectivity index (χ2v) is 7.24. The standard InChI is InChI=1S/C17H18N2OS/c1-17(2)8-14-13(15(20)9-17)10-18-16(19-14)11-21-12-6-4-3-5-7-12/h3-7,10H,8-9,11H2,1-2H3.